The monoisotopic (exact) mass is 208 g/mol. The quantitative estimate of drug-likeness (QED) is 0.818. The zero-order valence-electron chi connectivity index (χ0n) is 9.04. The molecule has 0 amide bonds. The minimum atomic E-state index is -0.125. The van der Waals surface area contributed by atoms with Gasteiger partial charge in [-0.1, -0.05) is 12.1 Å². The minimum absolute atomic E-state index is 0.125. The Kier molecular flexibility index (Phi) is 3.03. The topological polar surface area (TPSA) is 29.3 Å². The highest BCUT2D eigenvalue weighted by Crippen LogP contribution is 2.27. The predicted octanol–water partition coefficient (Wildman–Crippen LogP) is 1.88. The van der Waals surface area contributed by atoms with E-state index >= 15 is 0 Å². The van der Waals surface area contributed by atoms with E-state index in [1.165, 1.54) is 18.9 Å². The molecule has 0 bridgehead atoms. The number of hydrogen-bond donors (Lipinski definition) is 1. The van der Waals surface area contributed by atoms with Crippen LogP contribution in [0.15, 0.2) is 18.2 Å². The number of nitrogens with zero attached hydrogens (tertiary/aromatic N) is 1. The fourth-order valence-corrected chi connectivity index (χ4v) is 1.79. The summed E-state index contributed by atoms with van der Waals surface area (Å²) in [5.41, 5.74) is 7.29. The van der Waals surface area contributed by atoms with Crippen LogP contribution in [0.2, 0.25) is 0 Å². The Morgan fingerprint density at radius 2 is 2.20 bits per heavy atom. The molecule has 3 heteroatoms. The van der Waals surface area contributed by atoms with E-state index in [1.54, 1.807) is 6.07 Å². The van der Waals surface area contributed by atoms with Crippen molar-refractivity contribution in [2.45, 2.75) is 32.0 Å². The van der Waals surface area contributed by atoms with E-state index in [1.807, 2.05) is 13.1 Å². The van der Waals surface area contributed by atoms with E-state index in [-0.39, 0.29) is 5.82 Å². The van der Waals surface area contributed by atoms with Crippen molar-refractivity contribution in [1.29, 1.82) is 0 Å². The molecule has 1 aliphatic rings. The Morgan fingerprint density at radius 1 is 1.47 bits per heavy atom. The maximum Gasteiger partial charge on any atom is 0.127 e. The summed E-state index contributed by atoms with van der Waals surface area (Å²) in [6.07, 6.45) is 2.49. The maximum atomic E-state index is 13.5. The zero-order chi connectivity index (χ0) is 10.8. The highest BCUT2D eigenvalue weighted by Gasteiger charge is 2.26. The second-order valence-electron chi connectivity index (χ2n) is 4.28. The van der Waals surface area contributed by atoms with Crippen molar-refractivity contribution < 1.29 is 4.39 Å². The second-order valence-corrected chi connectivity index (χ2v) is 4.28. The van der Waals surface area contributed by atoms with E-state index in [9.17, 15) is 4.39 Å². The summed E-state index contributed by atoms with van der Waals surface area (Å²) in [5.74, 6) is -0.125. The van der Waals surface area contributed by atoms with Crippen LogP contribution < -0.4 is 5.73 Å². The van der Waals surface area contributed by atoms with Crippen LogP contribution in [0.3, 0.4) is 0 Å². The van der Waals surface area contributed by atoms with Gasteiger partial charge in [-0.05, 0) is 31.5 Å². The number of benzene rings is 1. The van der Waals surface area contributed by atoms with Crippen molar-refractivity contribution in [3.8, 4) is 0 Å². The Balaban J connectivity index is 2.11. The molecule has 1 aromatic carbocycles. The van der Waals surface area contributed by atoms with E-state index in [0.717, 1.165) is 11.1 Å². The third-order valence-electron chi connectivity index (χ3n) is 2.94. The summed E-state index contributed by atoms with van der Waals surface area (Å²) in [5, 5.41) is 0. The Labute approximate surface area is 89.9 Å². The van der Waals surface area contributed by atoms with Gasteiger partial charge in [-0.2, -0.15) is 0 Å². The molecule has 1 aromatic rings. The SMILES string of the molecule is CN(Cc1cc(CN)ccc1F)C1CC1. The van der Waals surface area contributed by atoms with Crippen molar-refractivity contribution in [1.82, 2.24) is 4.90 Å². The zero-order valence-corrected chi connectivity index (χ0v) is 9.04. The molecule has 82 valence electrons. The van der Waals surface area contributed by atoms with Crippen molar-refractivity contribution in [2.75, 3.05) is 7.05 Å². The fourth-order valence-electron chi connectivity index (χ4n) is 1.79. The number of rotatable bonds is 4. The van der Waals surface area contributed by atoms with Gasteiger partial charge < -0.3 is 5.73 Å². The van der Waals surface area contributed by atoms with Crippen LogP contribution in [0.25, 0.3) is 0 Å². The standard InChI is InChI=1S/C12H17FN2/c1-15(11-3-4-11)8-10-6-9(7-14)2-5-12(10)13/h2,5-6,11H,3-4,7-8,14H2,1H3. The molecule has 0 unspecified atom stereocenters. The lowest BCUT2D eigenvalue weighted by atomic mass is 10.1. The predicted molar refractivity (Wildman–Crippen MR) is 58.8 cm³/mol. The first-order valence-electron chi connectivity index (χ1n) is 5.38. The van der Waals surface area contributed by atoms with E-state index in [0.29, 0.717) is 19.1 Å². The van der Waals surface area contributed by atoms with Crippen LogP contribution in [0.4, 0.5) is 4.39 Å². The van der Waals surface area contributed by atoms with Crippen LogP contribution in [0.1, 0.15) is 24.0 Å². The van der Waals surface area contributed by atoms with Crippen LogP contribution in [-0.2, 0) is 13.1 Å². The van der Waals surface area contributed by atoms with Gasteiger partial charge in [0.1, 0.15) is 5.82 Å². The summed E-state index contributed by atoms with van der Waals surface area (Å²) in [6, 6.07) is 5.79. The average Bonchev–Trinajstić information content (AvgIpc) is 3.04. The Hall–Kier alpha value is -0.930. The normalized spacial score (nSPS) is 16.0. The molecular weight excluding hydrogens is 191 g/mol. The first-order chi connectivity index (χ1) is 7.20. The summed E-state index contributed by atoms with van der Waals surface area (Å²) in [6.45, 7) is 1.16. The summed E-state index contributed by atoms with van der Waals surface area (Å²) in [4.78, 5) is 2.21. The molecule has 0 heterocycles. The molecule has 0 aromatic heterocycles. The first-order valence-corrected chi connectivity index (χ1v) is 5.38. The molecule has 0 aliphatic heterocycles. The Morgan fingerprint density at radius 3 is 2.80 bits per heavy atom. The average molecular weight is 208 g/mol. The first kappa shape index (κ1) is 10.6. The van der Waals surface area contributed by atoms with Gasteiger partial charge >= 0.3 is 0 Å². The van der Waals surface area contributed by atoms with Crippen molar-refractivity contribution in [3.63, 3.8) is 0 Å². The van der Waals surface area contributed by atoms with E-state index in [2.05, 4.69) is 4.90 Å². The molecule has 2 N–H and O–H groups in total. The van der Waals surface area contributed by atoms with Gasteiger partial charge in [0.05, 0.1) is 0 Å². The molecule has 1 fully saturated rings. The smallest absolute Gasteiger partial charge is 0.127 e. The third kappa shape index (κ3) is 2.55. The van der Waals surface area contributed by atoms with Crippen molar-refractivity contribution in [2.24, 2.45) is 5.73 Å². The lowest BCUT2D eigenvalue weighted by molar-refractivity contribution is 0.311. The van der Waals surface area contributed by atoms with Gasteiger partial charge in [0, 0.05) is 24.7 Å². The van der Waals surface area contributed by atoms with Crippen molar-refractivity contribution in [3.05, 3.63) is 35.1 Å². The largest absolute Gasteiger partial charge is 0.326 e. The van der Waals surface area contributed by atoms with Crippen LogP contribution in [0.5, 0.6) is 0 Å². The van der Waals surface area contributed by atoms with Crippen molar-refractivity contribution >= 4 is 0 Å². The van der Waals surface area contributed by atoms with Gasteiger partial charge in [-0.3, -0.25) is 4.90 Å². The van der Waals surface area contributed by atoms with Crippen LogP contribution >= 0.6 is 0 Å². The van der Waals surface area contributed by atoms with Crippen LogP contribution in [-0.4, -0.2) is 18.0 Å². The summed E-state index contributed by atoms with van der Waals surface area (Å²) >= 11 is 0. The third-order valence-corrected chi connectivity index (χ3v) is 2.94. The van der Waals surface area contributed by atoms with Crippen LogP contribution in [0, 0.1) is 5.82 Å². The summed E-state index contributed by atoms with van der Waals surface area (Å²) in [7, 11) is 2.05. The second kappa shape index (κ2) is 4.29. The number of hydrogen-bond acceptors (Lipinski definition) is 2. The molecular formula is C12H17FN2. The highest BCUT2D eigenvalue weighted by atomic mass is 19.1. The molecule has 1 saturated carbocycles. The van der Waals surface area contributed by atoms with E-state index in [4.69, 9.17) is 5.73 Å². The molecule has 0 saturated heterocycles. The minimum Gasteiger partial charge on any atom is -0.326 e. The highest BCUT2D eigenvalue weighted by molar-refractivity contribution is 5.25. The fraction of sp³-hybridized carbons (Fsp3) is 0.500. The summed E-state index contributed by atoms with van der Waals surface area (Å²) < 4.78 is 13.5. The molecule has 2 nitrogen and oxygen atoms in total. The molecule has 0 atom stereocenters. The molecule has 1 aliphatic carbocycles. The number of halogens is 1. The molecule has 2 rings (SSSR count). The maximum absolute atomic E-state index is 13.5. The van der Waals surface area contributed by atoms with Gasteiger partial charge in [0.25, 0.3) is 0 Å². The lowest BCUT2D eigenvalue weighted by Gasteiger charge is -2.16. The van der Waals surface area contributed by atoms with E-state index < -0.39 is 0 Å². The lowest BCUT2D eigenvalue weighted by Crippen LogP contribution is -2.20. The Bertz CT molecular complexity index is 347. The van der Waals surface area contributed by atoms with Gasteiger partial charge in [0.15, 0.2) is 0 Å². The van der Waals surface area contributed by atoms with Gasteiger partial charge in [0.2, 0.25) is 0 Å². The number of nitrogens with two attached hydrogens (primary N) is 1. The molecule has 0 spiro atoms. The molecule has 15 heavy (non-hydrogen) atoms. The van der Waals surface area contributed by atoms with Gasteiger partial charge in [-0.15, -0.1) is 0 Å². The van der Waals surface area contributed by atoms with Gasteiger partial charge in [-0.25, -0.2) is 4.39 Å². The molecule has 0 radical (unpaired) electrons.